The fourth-order valence-electron chi connectivity index (χ4n) is 6.21. The quantitative estimate of drug-likeness (QED) is 0.320. The maximum atomic E-state index is 13.1. The van der Waals surface area contributed by atoms with Crippen LogP contribution in [0, 0.1) is 10.1 Å². The molecule has 207 valence electrons. The Morgan fingerprint density at radius 1 is 1.08 bits per heavy atom. The van der Waals surface area contributed by atoms with Crippen molar-refractivity contribution in [1.82, 2.24) is 10.4 Å². The molecular weight excluding hydrogens is 496 g/mol. The number of anilines is 1. The molecule has 0 saturated carbocycles. The van der Waals surface area contributed by atoms with Gasteiger partial charge in [0.15, 0.2) is 5.78 Å². The Bertz CT molecular complexity index is 1300. The molecule has 9 heteroatoms. The van der Waals surface area contributed by atoms with Crippen LogP contribution < -0.4 is 10.2 Å². The van der Waals surface area contributed by atoms with E-state index in [2.05, 4.69) is 30.1 Å². The first-order chi connectivity index (χ1) is 18.1. The number of ketones is 1. The van der Waals surface area contributed by atoms with E-state index < -0.39 is 21.4 Å². The van der Waals surface area contributed by atoms with Crippen LogP contribution in [-0.2, 0) is 20.2 Å². The maximum Gasteiger partial charge on any atom is 0.270 e. The Kier molecular flexibility index (Phi) is 7.44. The summed E-state index contributed by atoms with van der Waals surface area (Å²) in [4.78, 5) is 38.3. The topological polar surface area (TPSA) is 116 Å². The van der Waals surface area contributed by atoms with Crippen molar-refractivity contribution in [1.29, 1.82) is 0 Å². The van der Waals surface area contributed by atoms with Crippen LogP contribution in [0.5, 0.6) is 0 Å². The number of piperidine rings is 1. The molecule has 1 amide bonds. The minimum atomic E-state index is -0.573. The lowest BCUT2D eigenvalue weighted by Gasteiger charge is -2.50. The number of carbonyl (C=O) groups is 2. The standard InChI is InChI=1S/C30H37N4O5/c1-28(2)18-21(19-29(3,4)34(28)39)31-27(36)15-16-32-24-10-8-7-9-23(24)30(5,6)26(32)14-11-20-17-22(33(37)38)12-13-25(20)35/h7-14,17,21H,15-16,18-19H2,1-6H3,(H,31,36)/b20-11-,26-14+. The van der Waals surface area contributed by atoms with Gasteiger partial charge < -0.3 is 10.2 Å². The smallest absolute Gasteiger partial charge is 0.270 e. The highest BCUT2D eigenvalue weighted by molar-refractivity contribution is 6.07. The van der Waals surface area contributed by atoms with Crippen molar-refractivity contribution >= 4 is 17.4 Å². The van der Waals surface area contributed by atoms with Gasteiger partial charge in [0.2, 0.25) is 5.91 Å². The zero-order valence-electron chi connectivity index (χ0n) is 23.5. The second-order valence-corrected chi connectivity index (χ2v) is 12.3. The Labute approximate surface area is 229 Å². The monoisotopic (exact) mass is 533 g/mol. The number of hydrogen-bond donors (Lipinski definition) is 1. The number of allylic oxidation sites excluding steroid dienone is 7. The Hall–Kier alpha value is -3.56. The van der Waals surface area contributed by atoms with E-state index in [0.29, 0.717) is 19.4 Å². The fraction of sp³-hybridized carbons (Fsp3) is 0.467. The van der Waals surface area contributed by atoms with Gasteiger partial charge in [0.25, 0.3) is 5.70 Å². The summed E-state index contributed by atoms with van der Waals surface area (Å²) in [6, 6.07) is 7.89. The highest BCUT2D eigenvalue weighted by Gasteiger charge is 2.46. The fourth-order valence-corrected chi connectivity index (χ4v) is 6.21. The molecule has 1 aromatic carbocycles. The van der Waals surface area contributed by atoms with E-state index in [9.17, 15) is 24.9 Å². The van der Waals surface area contributed by atoms with Gasteiger partial charge in [-0.15, -0.1) is 10.3 Å². The molecule has 0 spiro atoms. The lowest BCUT2D eigenvalue weighted by Crippen LogP contribution is -2.62. The van der Waals surface area contributed by atoms with E-state index in [1.165, 1.54) is 18.2 Å². The van der Waals surface area contributed by atoms with E-state index >= 15 is 0 Å². The molecule has 0 aromatic heterocycles. The molecule has 3 aliphatic rings. The summed E-state index contributed by atoms with van der Waals surface area (Å²) in [5, 5.41) is 28.2. The molecule has 4 rings (SSSR count). The van der Waals surface area contributed by atoms with Crippen LogP contribution >= 0.6 is 0 Å². The molecule has 2 aliphatic heterocycles. The number of hydroxylamine groups is 2. The average Bonchev–Trinajstić information content (AvgIpc) is 3.06. The zero-order chi connectivity index (χ0) is 28.8. The molecule has 0 unspecified atom stereocenters. The van der Waals surface area contributed by atoms with Gasteiger partial charge in [-0.3, -0.25) is 19.7 Å². The zero-order valence-corrected chi connectivity index (χ0v) is 23.5. The van der Waals surface area contributed by atoms with E-state index in [1.807, 2.05) is 52.0 Å². The van der Waals surface area contributed by atoms with E-state index in [-0.39, 0.29) is 35.4 Å². The molecular formula is C30H37N4O5. The van der Waals surface area contributed by atoms with Gasteiger partial charge in [0, 0.05) is 64.6 Å². The SMILES string of the molecule is CC1(C)/C(=C\C=C2\C=C([N+](=O)[O-])C=CC2=O)N(CCC(=O)NC2CC(C)(C)N([O])C(C)(C)C2)c2ccccc21. The van der Waals surface area contributed by atoms with Gasteiger partial charge in [-0.05, 0) is 70.4 Å². The molecule has 0 atom stereocenters. The predicted molar refractivity (Wildman–Crippen MR) is 149 cm³/mol. The van der Waals surface area contributed by atoms with Crippen LogP contribution in [0.3, 0.4) is 0 Å². The molecule has 39 heavy (non-hydrogen) atoms. The van der Waals surface area contributed by atoms with Crippen molar-refractivity contribution in [3.05, 3.63) is 87.3 Å². The van der Waals surface area contributed by atoms with Gasteiger partial charge >= 0.3 is 0 Å². The third-order valence-electron chi connectivity index (χ3n) is 7.94. The molecule has 1 aliphatic carbocycles. The normalized spacial score (nSPS) is 24.1. The van der Waals surface area contributed by atoms with Crippen molar-refractivity contribution in [2.45, 2.75) is 83.3 Å². The van der Waals surface area contributed by atoms with Crippen LogP contribution in [0.15, 0.2) is 71.6 Å². The van der Waals surface area contributed by atoms with Gasteiger partial charge in [-0.1, -0.05) is 32.0 Å². The van der Waals surface area contributed by atoms with Crippen LogP contribution in [0.4, 0.5) is 5.69 Å². The summed E-state index contributed by atoms with van der Waals surface area (Å²) in [5.41, 5.74) is 1.50. The summed E-state index contributed by atoms with van der Waals surface area (Å²) in [6.45, 7) is 12.2. The highest BCUT2D eigenvalue weighted by atomic mass is 16.6. The summed E-state index contributed by atoms with van der Waals surface area (Å²) in [7, 11) is 0. The van der Waals surface area contributed by atoms with Crippen molar-refractivity contribution in [3.8, 4) is 0 Å². The van der Waals surface area contributed by atoms with Gasteiger partial charge in [0.05, 0.1) is 4.92 Å². The highest BCUT2D eigenvalue weighted by Crippen LogP contribution is 2.47. The summed E-state index contributed by atoms with van der Waals surface area (Å²) >= 11 is 0. The molecule has 1 N–H and O–H groups in total. The second kappa shape index (κ2) is 10.2. The Morgan fingerprint density at radius 3 is 2.36 bits per heavy atom. The first kappa shape index (κ1) is 28.4. The van der Waals surface area contributed by atoms with Crippen molar-refractivity contribution in [3.63, 3.8) is 0 Å². The van der Waals surface area contributed by atoms with Gasteiger partial charge in [-0.2, -0.15) is 0 Å². The first-order valence-electron chi connectivity index (χ1n) is 13.3. The van der Waals surface area contributed by atoms with Crippen LogP contribution in [-0.4, -0.2) is 45.3 Å². The Morgan fingerprint density at radius 2 is 1.72 bits per heavy atom. The summed E-state index contributed by atoms with van der Waals surface area (Å²) in [6.07, 6.45) is 8.53. The lowest BCUT2D eigenvalue weighted by molar-refractivity contribution is -0.419. The molecule has 1 fully saturated rings. The number of carbonyl (C=O) groups excluding carboxylic acids is 2. The second-order valence-electron chi connectivity index (χ2n) is 12.3. The minimum absolute atomic E-state index is 0.0861. The maximum absolute atomic E-state index is 13.1. The van der Waals surface area contributed by atoms with Crippen LogP contribution in [0.25, 0.3) is 0 Å². The predicted octanol–water partition coefficient (Wildman–Crippen LogP) is 4.77. The van der Waals surface area contributed by atoms with Crippen molar-refractivity contribution < 1.29 is 19.7 Å². The number of benzene rings is 1. The largest absolute Gasteiger partial charge is 0.353 e. The van der Waals surface area contributed by atoms with E-state index in [4.69, 9.17) is 0 Å². The molecule has 0 bridgehead atoms. The molecule has 1 aromatic rings. The van der Waals surface area contributed by atoms with Gasteiger partial charge in [0.1, 0.15) is 0 Å². The molecule has 1 radical (unpaired) electrons. The number of para-hydroxylation sites is 1. The van der Waals surface area contributed by atoms with Crippen LogP contribution in [0.1, 0.15) is 66.4 Å². The number of fused-ring (bicyclic) bond motifs is 1. The Balaban J connectivity index is 1.56. The number of nitrogens with one attached hydrogen (secondary N) is 1. The number of nitrogens with zero attached hydrogens (tertiary/aromatic N) is 3. The van der Waals surface area contributed by atoms with Crippen LogP contribution in [0.2, 0.25) is 0 Å². The average molecular weight is 534 g/mol. The summed E-state index contributed by atoms with van der Waals surface area (Å²) in [5.74, 6) is -0.385. The van der Waals surface area contributed by atoms with Crippen molar-refractivity contribution in [2.75, 3.05) is 11.4 Å². The van der Waals surface area contributed by atoms with Crippen molar-refractivity contribution in [2.24, 2.45) is 0 Å². The van der Waals surface area contributed by atoms with E-state index in [1.54, 1.807) is 6.08 Å². The number of hydrogen-bond acceptors (Lipinski definition) is 6. The lowest BCUT2D eigenvalue weighted by atomic mass is 9.79. The number of rotatable bonds is 6. The number of amides is 1. The molecule has 1 saturated heterocycles. The van der Waals surface area contributed by atoms with Gasteiger partial charge in [-0.25, -0.2) is 0 Å². The minimum Gasteiger partial charge on any atom is -0.353 e. The first-order valence-corrected chi connectivity index (χ1v) is 13.3. The third kappa shape index (κ3) is 5.60. The van der Waals surface area contributed by atoms with E-state index in [0.717, 1.165) is 22.0 Å². The molecule has 2 heterocycles. The third-order valence-corrected chi connectivity index (χ3v) is 7.94. The summed E-state index contributed by atoms with van der Waals surface area (Å²) < 4.78 is 0. The number of nitro groups is 1. The molecule has 9 nitrogen and oxygen atoms in total.